The Morgan fingerprint density at radius 2 is 1.72 bits per heavy atom. The molecule has 0 aliphatic carbocycles. The average Bonchev–Trinajstić information content (AvgIpc) is 3.20. The zero-order chi connectivity index (χ0) is 20.1. The van der Waals surface area contributed by atoms with Crippen molar-refractivity contribution < 1.29 is 9.90 Å². The summed E-state index contributed by atoms with van der Waals surface area (Å²) in [5.41, 5.74) is 4.76. The molecule has 29 heavy (non-hydrogen) atoms. The van der Waals surface area contributed by atoms with Gasteiger partial charge in [0.2, 0.25) is 0 Å². The second kappa shape index (κ2) is 6.74. The molecule has 1 aliphatic heterocycles. The van der Waals surface area contributed by atoms with E-state index in [9.17, 15) is 9.90 Å². The maximum absolute atomic E-state index is 12.9. The normalized spacial score (nSPS) is 15.3. The highest BCUT2D eigenvalue weighted by atomic mass is 16.3. The summed E-state index contributed by atoms with van der Waals surface area (Å²) in [4.78, 5) is 19.3. The van der Waals surface area contributed by atoms with Gasteiger partial charge >= 0.3 is 0 Å². The summed E-state index contributed by atoms with van der Waals surface area (Å²) in [5.74, 6) is 0.902. The van der Waals surface area contributed by atoms with Crippen molar-refractivity contribution in [2.45, 2.75) is 32.5 Å². The number of hydrogen-bond acceptors (Lipinski definition) is 3. The number of aromatic nitrogens is 3. The number of aliphatic hydroxyl groups excluding tert-OH is 1. The molecule has 2 aromatic heterocycles. The van der Waals surface area contributed by atoms with Gasteiger partial charge < -0.3 is 19.1 Å². The van der Waals surface area contributed by atoms with Crippen molar-refractivity contribution in [1.82, 2.24) is 19.0 Å². The van der Waals surface area contributed by atoms with Crippen molar-refractivity contribution in [2.24, 2.45) is 0 Å². The number of aryl methyl sites for hydroxylation is 1. The van der Waals surface area contributed by atoms with Gasteiger partial charge in [-0.2, -0.15) is 0 Å². The summed E-state index contributed by atoms with van der Waals surface area (Å²) in [7, 11) is 1.84. The molecule has 1 aliphatic rings. The molecule has 3 heterocycles. The van der Waals surface area contributed by atoms with E-state index in [4.69, 9.17) is 0 Å². The first-order chi connectivity index (χ1) is 14.0. The molecule has 1 amide bonds. The Morgan fingerprint density at radius 3 is 2.55 bits per heavy atom. The van der Waals surface area contributed by atoms with Crippen molar-refractivity contribution in [3.05, 3.63) is 65.6 Å². The van der Waals surface area contributed by atoms with E-state index in [2.05, 4.69) is 11.1 Å². The Morgan fingerprint density at radius 1 is 1.03 bits per heavy atom. The monoisotopic (exact) mass is 388 g/mol. The molecule has 0 saturated heterocycles. The molecule has 0 bridgehead atoms. The third-order valence-corrected chi connectivity index (χ3v) is 5.95. The van der Waals surface area contributed by atoms with Crippen molar-refractivity contribution in [2.75, 3.05) is 13.6 Å². The molecule has 1 unspecified atom stereocenters. The van der Waals surface area contributed by atoms with Gasteiger partial charge in [-0.3, -0.25) is 4.79 Å². The number of carbonyl (C=O) groups excluding carboxylic acids is 1. The first-order valence-electron chi connectivity index (χ1n) is 10.00. The number of hydrogen-bond donors (Lipinski definition) is 1. The van der Waals surface area contributed by atoms with Gasteiger partial charge in [-0.25, -0.2) is 4.98 Å². The van der Waals surface area contributed by atoms with Crippen LogP contribution in [-0.2, 0) is 19.5 Å². The Balaban J connectivity index is 1.53. The molecule has 0 saturated carbocycles. The average molecular weight is 388 g/mol. The van der Waals surface area contributed by atoms with Gasteiger partial charge in [0.15, 0.2) is 0 Å². The van der Waals surface area contributed by atoms with E-state index in [1.54, 1.807) is 4.90 Å². The number of imidazole rings is 1. The van der Waals surface area contributed by atoms with E-state index in [1.165, 1.54) is 0 Å². The van der Waals surface area contributed by atoms with Crippen molar-refractivity contribution in [3.63, 3.8) is 0 Å². The van der Waals surface area contributed by atoms with E-state index in [0.29, 0.717) is 18.8 Å². The minimum Gasteiger partial charge on any atom is -0.389 e. The number of likely N-dealkylation sites (N-methyl/N-ethyl adjacent to an activating group) is 1. The minimum atomic E-state index is -0.647. The van der Waals surface area contributed by atoms with Crippen LogP contribution in [0, 0.1) is 6.92 Å². The quantitative estimate of drug-likeness (QED) is 0.585. The van der Waals surface area contributed by atoms with Crippen LogP contribution >= 0.6 is 0 Å². The van der Waals surface area contributed by atoms with Crippen LogP contribution in [0.25, 0.3) is 21.9 Å². The maximum atomic E-state index is 12.9. The molecule has 6 nitrogen and oxygen atoms in total. The molecule has 0 fully saturated rings. The number of amides is 1. The number of carbonyl (C=O) groups is 1. The van der Waals surface area contributed by atoms with Gasteiger partial charge in [-0.1, -0.05) is 30.3 Å². The topological polar surface area (TPSA) is 63.3 Å². The van der Waals surface area contributed by atoms with Crippen LogP contribution in [0.15, 0.2) is 48.5 Å². The molecule has 0 spiro atoms. The zero-order valence-corrected chi connectivity index (χ0v) is 16.7. The van der Waals surface area contributed by atoms with Crippen molar-refractivity contribution in [1.29, 1.82) is 0 Å². The van der Waals surface area contributed by atoms with E-state index >= 15 is 0 Å². The standard InChI is InChI=1S/C23H24N4O2/c1-15-24-19-8-4-6-10-21(19)26(15)13-16(28)14-27-20-9-5-3-7-17(20)18-11-12-25(2)23(29)22(18)27/h3-10,16,28H,11-14H2,1-2H3. The summed E-state index contributed by atoms with van der Waals surface area (Å²) in [6.07, 6.45) is 0.193. The Kier molecular flexibility index (Phi) is 4.17. The van der Waals surface area contributed by atoms with E-state index < -0.39 is 6.10 Å². The minimum absolute atomic E-state index is 0.0268. The molecule has 5 rings (SSSR count). The Labute approximate surface area is 169 Å². The molecule has 2 aromatic carbocycles. The fraction of sp³-hybridized carbons (Fsp3) is 0.304. The highest BCUT2D eigenvalue weighted by Crippen LogP contribution is 2.31. The SMILES string of the molecule is Cc1nc2ccccc2n1CC(O)Cn1c2c(c3ccccc31)CCN(C)C2=O. The summed E-state index contributed by atoms with van der Waals surface area (Å²) < 4.78 is 4.05. The third kappa shape index (κ3) is 2.83. The van der Waals surface area contributed by atoms with Crippen molar-refractivity contribution >= 4 is 27.8 Å². The summed E-state index contributed by atoms with van der Waals surface area (Å²) >= 11 is 0. The van der Waals surface area contributed by atoms with Gasteiger partial charge in [0.25, 0.3) is 5.91 Å². The summed E-state index contributed by atoms with van der Waals surface area (Å²) in [6, 6.07) is 16.1. The molecule has 1 N–H and O–H groups in total. The second-order valence-corrected chi connectivity index (χ2v) is 7.84. The largest absolute Gasteiger partial charge is 0.389 e. The first-order valence-corrected chi connectivity index (χ1v) is 10.00. The summed E-state index contributed by atoms with van der Waals surface area (Å²) in [5, 5.41) is 12.1. The molecule has 0 radical (unpaired) electrons. The van der Waals surface area contributed by atoms with Gasteiger partial charge in [-0.05, 0) is 37.1 Å². The maximum Gasteiger partial charge on any atom is 0.270 e. The van der Waals surface area contributed by atoms with Crippen LogP contribution in [0.4, 0.5) is 0 Å². The second-order valence-electron chi connectivity index (χ2n) is 7.84. The number of aliphatic hydroxyl groups is 1. The van der Waals surface area contributed by atoms with Crippen LogP contribution in [0.1, 0.15) is 21.9 Å². The predicted molar refractivity (Wildman–Crippen MR) is 113 cm³/mol. The van der Waals surface area contributed by atoms with Crippen LogP contribution in [0.3, 0.4) is 0 Å². The Bertz CT molecular complexity index is 1240. The smallest absolute Gasteiger partial charge is 0.270 e. The highest BCUT2D eigenvalue weighted by molar-refractivity contribution is 6.02. The fourth-order valence-corrected chi connectivity index (χ4v) is 4.53. The molecular weight excluding hydrogens is 364 g/mol. The molecule has 148 valence electrons. The summed E-state index contributed by atoms with van der Waals surface area (Å²) in [6.45, 7) is 3.47. The van der Waals surface area contributed by atoms with Gasteiger partial charge in [0, 0.05) is 24.5 Å². The molecule has 1 atom stereocenters. The van der Waals surface area contributed by atoms with Crippen LogP contribution in [-0.4, -0.2) is 49.7 Å². The highest BCUT2D eigenvalue weighted by Gasteiger charge is 2.29. The number of nitrogens with zero attached hydrogens (tertiary/aromatic N) is 4. The van der Waals surface area contributed by atoms with Crippen LogP contribution in [0.2, 0.25) is 0 Å². The zero-order valence-electron chi connectivity index (χ0n) is 16.7. The van der Waals surface area contributed by atoms with Crippen LogP contribution < -0.4 is 0 Å². The lowest BCUT2D eigenvalue weighted by Crippen LogP contribution is -2.36. The van der Waals surface area contributed by atoms with Crippen LogP contribution in [0.5, 0.6) is 0 Å². The lowest BCUT2D eigenvalue weighted by atomic mass is 10.0. The molecule has 6 heteroatoms. The van der Waals surface area contributed by atoms with Gasteiger partial charge in [0.1, 0.15) is 11.5 Å². The number of para-hydroxylation sites is 3. The Hall–Kier alpha value is -3.12. The van der Waals surface area contributed by atoms with Crippen molar-refractivity contribution in [3.8, 4) is 0 Å². The number of rotatable bonds is 4. The fourth-order valence-electron chi connectivity index (χ4n) is 4.53. The molecular formula is C23H24N4O2. The van der Waals surface area contributed by atoms with Gasteiger partial charge in [0.05, 0.1) is 30.2 Å². The third-order valence-electron chi connectivity index (χ3n) is 5.95. The predicted octanol–water partition coefficient (Wildman–Crippen LogP) is 2.99. The van der Waals surface area contributed by atoms with E-state index in [-0.39, 0.29) is 5.91 Å². The lowest BCUT2D eigenvalue weighted by molar-refractivity contribution is 0.0762. The van der Waals surface area contributed by atoms with Gasteiger partial charge in [-0.15, -0.1) is 0 Å². The molecule has 4 aromatic rings. The first kappa shape index (κ1) is 17.9. The number of fused-ring (bicyclic) bond motifs is 4. The van der Waals surface area contributed by atoms with E-state index in [0.717, 1.165) is 46.3 Å². The van der Waals surface area contributed by atoms with E-state index in [1.807, 2.05) is 65.6 Å². The lowest BCUT2D eigenvalue weighted by Gasteiger charge is -2.25. The number of benzene rings is 2.